The highest BCUT2D eigenvalue weighted by Crippen LogP contribution is 2.34. The predicted octanol–water partition coefficient (Wildman–Crippen LogP) is 13.2. The number of anilines is 4. The maximum Gasteiger partial charge on any atom is 0.148 e. The molecular weight excluding hydrogens is 657 g/mol. The average molecular weight is 707 g/mol. The molecule has 270 valence electrons. The highest BCUT2D eigenvalue weighted by molar-refractivity contribution is 5.89. The summed E-state index contributed by atoms with van der Waals surface area (Å²) in [6.45, 7) is 9.65. The van der Waals surface area contributed by atoms with Gasteiger partial charge in [0, 0.05) is 22.7 Å². The van der Waals surface area contributed by atoms with E-state index in [1.54, 1.807) is 0 Å². The lowest BCUT2D eigenvalue weighted by molar-refractivity contribution is 0.371. The molecule has 0 spiro atoms. The molecular formula is C51H50N2O. The molecule has 0 heterocycles. The van der Waals surface area contributed by atoms with Gasteiger partial charge in [-0.3, -0.25) is 0 Å². The Balaban J connectivity index is 0.000000274. The normalized spacial score (nSPS) is 10.0. The van der Waals surface area contributed by atoms with E-state index < -0.39 is 0 Å². The average Bonchev–Trinajstić information content (AvgIpc) is 3.21. The van der Waals surface area contributed by atoms with Crippen LogP contribution in [0.2, 0.25) is 0 Å². The second-order valence-electron chi connectivity index (χ2n) is 12.6. The van der Waals surface area contributed by atoms with Crippen molar-refractivity contribution in [3.63, 3.8) is 0 Å². The quantitative estimate of drug-likeness (QED) is 0.139. The van der Waals surface area contributed by atoms with E-state index in [-0.39, 0.29) is 7.43 Å². The number of rotatable bonds is 9. The van der Waals surface area contributed by atoms with Gasteiger partial charge in [-0.1, -0.05) is 144 Å². The molecule has 0 aliphatic carbocycles. The van der Waals surface area contributed by atoms with E-state index in [2.05, 4.69) is 175 Å². The molecule has 0 aliphatic heterocycles. The fraction of sp³-hybridized carbons (Fsp3) is 0.176. The van der Waals surface area contributed by atoms with E-state index >= 15 is 0 Å². The number of benzene rings is 7. The Morgan fingerprint density at radius 2 is 0.926 bits per heavy atom. The smallest absolute Gasteiger partial charge is 0.148 e. The molecule has 0 fully saturated rings. The first kappa shape index (κ1) is 40.2. The number of terminal acetylenes is 3. The van der Waals surface area contributed by atoms with E-state index in [0.29, 0.717) is 25.6 Å². The van der Waals surface area contributed by atoms with Crippen molar-refractivity contribution in [1.82, 2.24) is 0 Å². The monoisotopic (exact) mass is 706 g/mol. The summed E-state index contributed by atoms with van der Waals surface area (Å²) in [5.74, 6) is 9.48. The Labute approximate surface area is 323 Å². The molecule has 7 aromatic carbocycles. The molecule has 0 amide bonds. The van der Waals surface area contributed by atoms with Gasteiger partial charge in [0.2, 0.25) is 0 Å². The fourth-order valence-electron chi connectivity index (χ4n) is 6.18. The van der Waals surface area contributed by atoms with Crippen molar-refractivity contribution in [3.8, 4) is 42.8 Å². The lowest BCUT2D eigenvalue weighted by atomic mass is 9.99. The molecule has 7 rings (SSSR count). The van der Waals surface area contributed by atoms with Crippen molar-refractivity contribution in [3.05, 3.63) is 151 Å². The summed E-state index contributed by atoms with van der Waals surface area (Å²) in [7, 11) is 0. The molecule has 0 bridgehead atoms. The first-order valence-electron chi connectivity index (χ1n) is 18.1. The van der Waals surface area contributed by atoms with Crippen LogP contribution in [0.5, 0.6) is 5.75 Å². The van der Waals surface area contributed by atoms with Crippen molar-refractivity contribution in [1.29, 1.82) is 0 Å². The van der Waals surface area contributed by atoms with Crippen molar-refractivity contribution >= 4 is 55.1 Å². The van der Waals surface area contributed by atoms with Gasteiger partial charge in [0.05, 0.1) is 13.1 Å². The minimum atomic E-state index is 0. The number of nitrogens with zero attached hydrogens (tertiary/aromatic N) is 2. The van der Waals surface area contributed by atoms with Gasteiger partial charge in [-0.05, 0) is 98.4 Å². The highest BCUT2D eigenvalue weighted by Gasteiger charge is 2.14. The molecule has 7 aromatic rings. The standard InChI is InChI=1S/C32H24N2.C16H16O.C2H6.CH4/c1-3-20-33(31-18-16-25-10-5-7-12-27(25)22-31)29-14-9-15-30(24-29)34(21-4-2)32-19-17-26-11-6-8-13-28(26)23-32;1-4-9-17-16-8-7-14-10-13(12(2)3)5-6-15(14)11-16;1-2;/h1-2,5-19,22-24H,20-21H2;1,5-8,10-12H,9H2,2-3H3;1-2H3;1H4. The molecule has 0 saturated carbocycles. The first-order valence-corrected chi connectivity index (χ1v) is 18.1. The summed E-state index contributed by atoms with van der Waals surface area (Å²) in [5, 5.41) is 7.20. The lowest BCUT2D eigenvalue weighted by Crippen LogP contribution is -2.20. The van der Waals surface area contributed by atoms with Crippen LogP contribution in [0.3, 0.4) is 0 Å². The second kappa shape index (κ2) is 19.9. The minimum absolute atomic E-state index is 0. The zero-order valence-electron chi connectivity index (χ0n) is 31.1. The van der Waals surface area contributed by atoms with Gasteiger partial charge in [-0.15, -0.1) is 19.3 Å². The van der Waals surface area contributed by atoms with Crippen molar-refractivity contribution in [2.45, 2.75) is 41.0 Å². The molecule has 3 heteroatoms. The van der Waals surface area contributed by atoms with E-state index in [9.17, 15) is 0 Å². The fourth-order valence-corrected chi connectivity index (χ4v) is 6.18. The summed E-state index contributed by atoms with van der Waals surface area (Å²) in [5.41, 5.74) is 5.52. The van der Waals surface area contributed by atoms with Crippen LogP contribution in [0.15, 0.2) is 146 Å². The Bertz CT molecular complexity index is 2310. The van der Waals surface area contributed by atoms with Gasteiger partial charge in [0.1, 0.15) is 12.4 Å². The highest BCUT2D eigenvalue weighted by atomic mass is 16.5. The zero-order chi connectivity index (χ0) is 37.6. The third-order valence-electron chi connectivity index (χ3n) is 8.87. The first-order chi connectivity index (χ1) is 26.0. The van der Waals surface area contributed by atoms with Gasteiger partial charge < -0.3 is 14.5 Å². The Morgan fingerprint density at radius 3 is 1.43 bits per heavy atom. The summed E-state index contributed by atoms with van der Waals surface area (Å²) in [6, 6.07) is 50.5. The van der Waals surface area contributed by atoms with E-state index in [4.69, 9.17) is 24.0 Å². The molecule has 0 atom stereocenters. The SMILES string of the molecule is C.C#CCN(c1cccc(N(CC#C)c2ccc3ccccc3c2)c1)c1ccc2ccccc2c1.C#CCOc1ccc2cc(C(C)C)ccc2c1.CC. The minimum Gasteiger partial charge on any atom is -0.481 e. The van der Waals surface area contributed by atoms with Crippen molar-refractivity contribution in [2.75, 3.05) is 29.5 Å². The number of hydrogen-bond acceptors (Lipinski definition) is 3. The maximum atomic E-state index is 5.78. The van der Waals surface area contributed by atoms with Crippen LogP contribution in [0, 0.1) is 37.0 Å². The zero-order valence-corrected chi connectivity index (χ0v) is 31.1. The summed E-state index contributed by atoms with van der Waals surface area (Å²) in [6.07, 6.45) is 16.7. The Hall–Kier alpha value is -6.60. The predicted molar refractivity (Wildman–Crippen MR) is 236 cm³/mol. The van der Waals surface area contributed by atoms with E-state index in [1.165, 1.54) is 37.9 Å². The van der Waals surface area contributed by atoms with Gasteiger partial charge in [0.15, 0.2) is 0 Å². The van der Waals surface area contributed by atoms with Gasteiger partial charge in [-0.2, -0.15) is 0 Å². The maximum absolute atomic E-state index is 5.78. The number of ether oxygens (including phenoxy) is 1. The topological polar surface area (TPSA) is 15.7 Å². The van der Waals surface area contributed by atoms with Crippen LogP contribution in [0.4, 0.5) is 22.7 Å². The molecule has 0 aromatic heterocycles. The van der Waals surface area contributed by atoms with Crippen LogP contribution in [-0.2, 0) is 0 Å². The van der Waals surface area contributed by atoms with E-state index in [1.807, 2.05) is 26.0 Å². The molecule has 0 saturated heterocycles. The number of fused-ring (bicyclic) bond motifs is 3. The molecule has 3 nitrogen and oxygen atoms in total. The van der Waals surface area contributed by atoms with Crippen LogP contribution in [-0.4, -0.2) is 19.7 Å². The Morgan fingerprint density at radius 1 is 0.481 bits per heavy atom. The molecule has 54 heavy (non-hydrogen) atoms. The van der Waals surface area contributed by atoms with E-state index in [0.717, 1.165) is 28.5 Å². The second-order valence-corrected chi connectivity index (χ2v) is 12.6. The Kier molecular flexibility index (Phi) is 14.8. The summed E-state index contributed by atoms with van der Waals surface area (Å²) < 4.78 is 5.40. The van der Waals surface area contributed by atoms with Crippen molar-refractivity contribution < 1.29 is 4.74 Å². The summed E-state index contributed by atoms with van der Waals surface area (Å²) >= 11 is 0. The van der Waals surface area contributed by atoms with Crippen LogP contribution >= 0.6 is 0 Å². The third kappa shape index (κ3) is 9.83. The summed E-state index contributed by atoms with van der Waals surface area (Å²) in [4.78, 5) is 4.31. The van der Waals surface area contributed by atoms with Crippen LogP contribution in [0.25, 0.3) is 32.3 Å². The number of hydrogen-bond donors (Lipinski definition) is 0. The third-order valence-corrected chi connectivity index (χ3v) is 8.87. The molecule has 0 aliphatic rings. The largest absolute Gasteiger partial charge is 0.481 e. The van der Waals surface area contributed by atoms with Gasteiger partial charge in [0.25, 0.3) is 0 Å². The molecule has 0 N–H and O–H groups in total. The van der Waals surface area contributed by atoms with Crippen LogP contribution < -0.4 is 14.5 Å². The van der Waals surface area contributed by atoms with Crippen molar-refractivity contribution in [2.24, 2.45) is 0 Å². The molecule has 0 radical (unpaired) electrons. The van der Waals surface area contributed by atoms with Crippen LogP contribution in [0.1, 0.15) is 46.6 Å². The molecule has 0 unspecified atom stereocenters. The van der Waals surface area contributed by atoms with Gasteiger partial charge >= 0.3 is 0 Å². The van der Waals surface area contributed by atoms with Gasteiger partial charge in [-0.25, -0.2) is 0 Å². The lowest BCUT2D eigenvalue weighted by Gasteiger charge is -2.27.